The molecular weight excluding hydrogens is 310 g/mol. The van der Waals surface area contributed by atoms with Gasteiger partial charge in [-0.05, 0) is 36.8 Å². The third-order valence-corrected chi connectivity index (χ3v) is 3.75. The summed E-state index contributed by atoms with van der Waals surface area (Å²) in [6, 6.07) is 8.45. The summed E-state index contributed by atoms with van der Waals surface area (Å²) in [5, 5.41) is 7.21. The minimum atomic E-state index is 0.172. The zero-order chi connectivity index (χ0) is 13.3. The van der Waals surface area contributed by atoms with E-state index in [1.165, 1.54) is 5.56 Å². The van der Waals surface area contributed by atoms with Crippen molar-refractivity contribution in [2.24, 2.45) is 0 Å². The first kappa shape index (κ1) is 13.5. The van der Waals surface area contributed by atoms with E-state index < -0.39 is 0 Å². The summed E-state index contributed by atoms with van der Waals surface area (Å²) in [4.78, 5) is 0. The Morgan fingerprint density at radius 1 is 1.33 bits per heavy atom. The quantitative estimate of drug-likeness (QED) is 0.846. The van der Waals surface area contributed by atoms with Crippen LogP contribution in [0.5, 0.6) is 0 Å². The number of hydrogen-bond donors (Lipinski definition) is 1. The molecule has 0 spiro atoms. The number of rotatable bonds is 3. The van der Waals surface area contributed by atoms with Crippen LogP contribution in [0.3, 0.4) is 0 Å². The van der Waals surface area contributed by atoms with E-state index in [1.54, 1.807) is 0 Å². The Morgan fingerprint density at radius 2 is 2.06 bits per heavy atom. The predicted octanol–water partition coefficient (Wildman–Crippen LogP) is 4.44. The van der Waals surface area contributed by atoms with Gasteiger partial charge in [-0.2, -0.15) is 5.10 Å². The van der Waals surface area contributed by atoms with E-state index in [9.17, 15) is 0 Å². The number of halogens is 1. The van der Waals surface area contributed by atoms with Gasteiger partial charge >= 0.3 is 0 Å². The third-order valence-electron chi connectivity index (χ3n) is 2.97. The van der Waals surface area contributed by atoms with Crippen molar-refractivity contribution >= 4 is 28.1 Å². The maximum Gasteiger partial charge on any atom is 0.195 e. The van der Waals surface area contributed by atoms with E-state index in [0.717, 1.165) is 10.3 Å². The summed E-state index contributed by atoms with van der Waals surface area (Å²) in [7, 11) is 0. The Hall–Kier alpha value is -0.940. The summed E-state index contributed by atoms with van der Waals surface area (Å²) < 4.78 is 3.83. The minimum absolute atomic E-state index is 0.172. The summed E-state index contributed by atoms with van der Waals surface area (Å²) in [5.41, 5.74) is 1.21. The van der Waals surface area contributed by atoms with Crippen molar-refractivity contribution in [1.29, 1.82) is 0 Å². The van der Waals surface area contributed by atoms with Crippen molar-refractivity contribution in [1.82, 2.24) is 14.8 Å². The van der Waals surface area contributed by atoms with Crippen molar-refractivity contribution in [3.8, 4) is 0 Å². The van der Waals surface area contributed by atoms with Crippen LogP contribution in [0.4, 0.5) is 0 Å². The van der Waals surface area contributed by atoms with Gasteiger partial charge < -0.3 is 0 Å². The van der Waals surface area contributed by atoms with Crippen molar-refractivity contribution < 1.29 is 0 Å². The lowest BCUT2D eigenvalue weighted by Crippen LogP contribution is -2.12. The molecule has 5 heteroatoms. The first-order valence-corrected chi connectivity index (χ1v) is 7.13. The Bertz CT molecular complexity index is 600. The molecule has 1 aromatic heterocycles. The molecule has 0 bridgehead atoms. The molecule has 1 aromatic carbocycles. The molecule has 1 atom stereocenters. The molecule has 2 aromatic rings. The Balaban J connectivity index is 2.49. The fourth-order valence-electron chi connectivity index (χ4n) is 2.01. The van der Waals surface area contributed by atoms with Crippen molar-refractivity contribution in [2.45, 2.75) is 32.7 Å². The predicted molar refractivity (Wildman–Crippen MR) is 79.5 cm³/mol. The first-order valence-electron chi connectivity index (χ1n) is 5.93. The second-order valence-corrected chi connectivity index (χ2v) is 5.95. The lowest BCUT2D eigenvalue weighted by molar-refractivity contribution is 0.573. The van der Waals surface area contributed by atoms with Crippen LogP contribution in [0.25, 0.3) is 0 Å². The number of H-pyrrole nitrogens is 1. The largest absolute Gasteiger partial charge is 0.297 e. The highest BCUT2D eigenvalue weighted by Crippen LogP contribution is 2.25. The van der Waals surface area contributed by atoms with E-state index in [-0.39, 0.29) is 6.04 Å². The van der Waals surface area contributed by atoms with Crippen LogP contribution in [0.15, 0.2) is 28.7 Å². The van der Waals surface area contributed by atoms with Gasteiger partial charge in [-0.1, -0.05) is 41.9 Å². The van der Waals surface area contributed by atoms with Crippen LogP contribution >= 0.6 is 28.1 Å². The maximum atomic E-state index is 5.33. The summed E-state index contributed by atoms with van der Waals surface area (Å²) in [6.07, 6.45) is 0. The van der Waals surface area contributed by atoms with Gasteiger partial charge in [0.1, 0.15) is 5.82 Å². The summed E-state index contributed by atoms with van der Waals surface area (Å²) in [6.45, 7) is 6.38. The van der Waals surface area contributed by atoms with Crippen molar-refractivity contribution in [2.75, 3.05) is 0 Å². The van der Waals surface area contributed by atoms with Crippen LogP contribution in [-0.2, 0) is 0 Å². The summed E-state index contributed by atoms with van der Waals surface area (Å²) >= 11 is 8.84. The summed E-state index contributed by atoms with van der Waals surface area (Å²) in [5.74, 6) is 1.33. The minimum Gasteiger partial charge on any atom is -0.297 e. The Morgan fingerprint density at radius 3 is 2.67 bits per heavy atom. The molecule has 2 rings (SSSR count). The number of benzene rings is 1. The van der Waals surface area contributed by atoms with Gasteiger partial charge in [0.25, 0.3) is 0 Å². The Kier molecular flexibility index (Phi) is 4.02. The van der Waals surface area contributed by atoms with E-state index in [0.29, 0.717) is 10.7 Å². The topological polar surface area (TPSA) is 33.6 Å². The molecule has 0 aliphatic carbocycles. The standard InChI is InChI=1S/C13H16BrN3S/c1-8(2)12-15-16-13(18)17(12)9(3)10-5-4-6-11(14)7-10/h4-9H,1-3H3,(H,16,18). The number of nitrogens with one attached hydrogen (secondary N) is 1. The fraction of sp³-hybridized carbons (Fsp3) is 0.385. The molecular formula is C13H16BrN3S. The molecule has 1 unspecified atom stereocenters. The highest BCUT2D eigenvalue weighted by molar-refractivity contribution is 9.10. The monoisotopic (exact) mass is 325 g/mol. The first-order chi connectivity index (χ1) is 8.50. The average molecular weight is 326 g/mol. The van der Waals surface area contributed by atoms with Gasteiger partial charge in [0.15, 0.2) is 4.77 Å². The van der Waals surface area contributed by atoms with Gasteiger partial charge in [-0.25, -0.2) is 0 Å². The van der Waals surface area contributed by atoms with Crippen molar-refractivity contribution in [3.63, 3.8) is 0 Å². The van der Waals surface area contributed by atoms with Crippen molar-refractivity contribution in [3.05, 3.63) is 44.9 Å². The molecule has 1 heterocycles. The lowest BCUT2D eigenvalue weighted by Gasteiger charge is -2.17. The molecule has 0 aliphatic heterocycles. The van der Waals surface area contributed by atoms with Gasteiger partial charge in [0.2, 0.25) is 0 Å². The molecule has 0 saturated heterocycles. The molecule has 1 N–H and O–H groups in total. The Labute approximate surface area is 120 Å². The molecule has 0 radical (unpaired) electrons. The zero-order valence-corrected chi connectivity index (χ0v) is 13.0. The SMILES string of the molecule is CC(C)c1n[nH]c(=S)n1C(C)c1cccc(Br)c1. The third kappa shape index (κ3) is 2.57. The van der Waals surface area contributed by atoms with E-state index in [1.807, 2.05) is 12.1 Å². The second kappa shape index (κ2) is 5.36. The van der Waals surface area contributed by atoms with Crippen LogP contribution in [0.1, 0.15) is 44.1 Å². The van der Waals surface area contributed by atoms with Gasteiger partial charge in [0.05, 0.1) is 6.04 Å². The average Bonchev–Trinajstić information content (AvgIpc) is 2.70. The number of aromatic nitrogens is 3. The molecule has 3 nitrogen and oxygen atoms in total. The molecule has 18 heavy (non-hydrogen) atoms. The van der Waals surface area contributed by atoms with Crippen LogP contribution < -0.4 is 0 Å². The van der Waals surface area contributed by atoms with E-state index >= 15 is 0 Å². The van der Waals surface area contributed by atoms with E-state index in [4.69, 9.17) is 12.2 Å². The lowest BCUT2D eigenvalue weighted by atomic mass is 10.1. The normalized spacial score (nSPS) is 12.9. The molecule has 0 aliphatic rings. The van der Waals surface area contributed by atoms with Gasteiger partial charge in [-0.3, -0.25) is 9.67 Å². The van der Waals surface area contributed by atoms with Gasteiger partial charge in [0, 0.05) is 10.4 Å². The highest BCUT2D eigenvalue weighted by Gasteiger charge is 2.16. The zero-order valence-electron chi connectivity index (χ0n) is 10.6. The highest BCUT2D eigenvalue weighted by atomic mass is 79.9. The molecule has 96 valence electrons. The maximum absolute atomic E-state index is 5.33. The van der Waals surface area contributed by atoms with Gasteiger partial charge in [-0.15, -0.1) is 0 Å². The number of nitrogens with zero attached hydrogens (tertiary/aromatic N) is 2. The molecule has 0 fully saturated rings. The van der Waals surface area contributed by atoms with Crippen LogP contribution in [0.2, 0.25) is 0 Å². The fourth-order valence-corrected chi connectivity index (χ4v) is 2.73. The number of hydrogen-bond acceptors (Lipinski definition) is 2. The number of aromatic amines is 1. The smallest absolute Gasteiger partial charge is 0.195 e. The van der Waals surface area contributed by atoms with E-state index in [2.05, 4.69) is 63.6 Å². The molecule has 0 saturated carbocycles. The van der Waals surface area contributed by atoms with Crippen LogP contribution in [-0.4, -0.2) is 14.8 Å². The molecule has 0 amide bonds. The second-order valence-electron chi connectivity index (χ2n) is 4.64. The van der Waals surface area contributed by atoms with Crippen LogP contribution in [0, 0.1) is 4.77 Å².